The monoisotopic (exact) mass is 451 g/mol. The van der Waals surface area contributed by atoms with E-state index in [0.717, 1.165) is 16.8 Å². The van der Waals surface area contributed by atoms with Crippen molar-refractivity contribution in [2.45, 2.75) is 32.1 Å². The van der Waals surface area contributed by atoms with Crippen LogP contribution in [0.4, 0.5) is 15.2 Å². The van der Waals surface area contributed by atoms with Crippen molar-refractivity contribution in [3.8, 4) is 11.3 Å². The molecular weight excluding hydrogens is 429 g/mol. The molecule has 1 aliphatic heterocycles. The van der Waals surface area contributed by atoms with Crippen molar-refractivity contribution in [3.05, 3.63) is 64.8 Å². The van der Waals surface area contributed by atoms with Crippen LogP contribution >= 0.6 is 11.3 Å². The summed E-state index contributed by atoms with van der Waals surface area (Å²) in [5.41, 5.74) is 3.17. The van der Waals surface area contributed by atoms with Crippen molar-refractivity contribution in [3.63, 3.8) is 0 Å². The molecule has 0 saturated carbocycles. The molecule has 8 heteroatoms. The van der Waals surface area contributed by atoms with Crippen LogP contribution in [-0.4, -0.2) is 29.6 Å². The Morgan fingerprint density at radius 1 is 1.12 bits per heavy atom. The minimum Gasteiger partial charge on any atom is -0.314 e. The number of anilines is 2. The van der Waals surface area contributed by atoms with E-state index in [9.17, 15) is 18.8 Å². The number of likely N-dealkylation sites (N-methyl/N-ethyl adjacent to an activating group) is 1. The topological polar surface area (TPSA) is 79.4 Å². The third kappa shape index (κ3) is 4.05. The smallest absolute Gasteiger partial charge is 0.236 e. The van der Waals surface area contributed by atoms with Gasteiger partial charge in [0.15, 0.2) is 10.9 Å². The molecule has 0 fully saturated rings. The lowest BCUT2D eigenvalue weighted by Crippen LogP contribution is -2.33. The second-order valence-electron chi connectivity index (χ2n) is 8.24. The summed E-state index contributed by atoms with van der Waals surface area (Å²) in [7, 11) is 1.77. The Balaban J connectivity index is 1.41. The van der Waals surface area contributed by atoms with Crippen molar-refractivity contribution in [2.24, 2.45) is 0 Å². The van der Waals surface area contributed by atoms with Crippen molar-refractivity contribution in [1.29, 1.82) is 0 Å². The fourth-order valence-electron chi connectivity index (χ4n) is 3.79. The molecule has 0 atom stereocenters. The minimum absolute atomic E-state index is 0.00655. The first-order valence-corrected chi connectivity index (χ1v) is 11.0. The molecule has 0 radical (unpaired) electrons. The van der Waals surface area contributed by atoms with E-state index in [-0.39, 0.29) is 30.4 Å². The number of nitrogens with zero attached hydrogens (tertiary/aromatic N) is 2. The largest absolute Gasteiger partial charge is 0.314 e. The van der Waals surface area contributed by atoms with Gasteiger partial charge in [-0.1, -0.05) is 6.07 Å². The lowest BCUT2D eigenvalue weighted by atomic mass is 9.85. The van der Waals surface area contributed by atoms with Gasteiger partial charge in [0.05, 0.1) is 11.1 Å². The van der Waals surface area contributed by atoms with E-state index >= 15 is 0 Å². The molecule has 2 amide bonds. The van der Waals surface area contributed by atoms with Gasteiger partial charge in [0.25, 0.3) is 0 Å². The molecule has 2 heterocycles. The van der Waals surface area contributed by atoms with Gasteiger partial charge in [0, 0.05) is 42.1 Å². The Hall–Kier alpha value is -3.39. The average Bonchev–Trinajstić information content (AvgIpc) is 3.30. The van der Waals surface area contributed by atoms with Gasteiger partial charge in [0.1, 0.15) is 5.82 Å². The van der Waals surface area contributed by atoms with Crippen LogP contribution in [0.25, 0.3) is 11.3 Å². The number of aromatic nitrogens is 1. The molecule has 1 aliphatic rings. The molecule has 4 rings (SSSR count). The van der Waals surface area contributed by atoms with E-state index in [2.05, 4.69) is 10.3 Å². The van der Waals surface area contributed by atoms with Crippen LogP contribution in [0.5, 0.6) is 0 Å². The first-order valence-electron chi connectivity index (χ1n) is 10.1. The molecule has 3 aromatic rings. The Labute approximate surface area is 189 Å². The van der Waals surface area contributed by atoms with Gasteiger partial charge in [0.2, 0.25) is 11.8 Å². The Morgan fingerprint density at radius 2 is 1.84 bits per heavy atom. The highest BCUT2D eigenvalue weighted by Gasteiger charge is 2.42. The second-order valence-corrected chi connectivity index (χ2v) is 9.10. The number of hydrogen-bond acceptors (Lipinski definition) is 5. The average molecular weight is 452 g/mol. The zero-order valence-corrected chi connectivity index (χ0v) is 18.8. The summed E-state index contributed by atoms with van der Waals surface area (Å²) in [6, 6.07) is 11.1. The zero-order valence-electron chi connectivity index (χ0n) is 17.9. The van der Waals surface area contributed by atoms with Crippen LogP contribution in [0, 0.1) is 5.82 Å². The molecule has 0 bridgehead atoms. The van der Waals surface area contributed by atoms with Gasteiger partial charge in [-0.3, -0.25) is 14.4 Å². The van der Waals surface area contributed by atoms with Gasteiger partial charge >= 0.3 is 0 Å². The number of hydrogen-bond donors (Lipinski definition) is 1. The van der Waals surface area contributed by atoms with Gasteiger partial charge in [-0.05, 0) is 55.8 Å². The molecule has 0 spiro atoms. The predicted molar refractivity (Wildman–Crippen MR) is 123 cm³/mol. The number of rotatable bonds is 6. The van der Waals surface area contributed by atoms with Crippen molar-refractivity contribution in [2.75, 3.05) is 17.3 Å². The molecule has 2 aromatic carbocycles. The standard InChI is InChI=1S/C24H22FN3O3S/c1-24(2)17-12-15(6-9-19(17)28(3)22(24)31)18-13-32-23(26-18)27-21(30)11-10-20(29)14-4-7-16(25)8-5-14/h4-9,12-13H,10-11H2,1-3H3,(H,26,27,30). The summed E-state index contributed by atoms with van der Waals surface area (Å²) < 4.78 is 13.0. The van der Waals surface area contributed by atoms with Crippen molar-refractivity contribution >= 4 is 39.8 Å². The van der Waals surface area contributed by atoms with Crippen LogP contribution in [0.2, 0.25) is 0 Å². The summed E-state index contributed by atoms with van der Waals surface area (Å²) >= 11 is 1.29. The lowest BCUT2D eigenvalue weighted by Gasteiger charge is -2.16. The second kappa shape index (κ2) is 8.27. The highest BCUT2D eigenvalue weighted by Crippen LogP contribution is 2.42. The van der Waals surface area contributed by atoms with E-state index in [4.69, 9.17) is 0 Å². The molecule has 32 heavy (non-hydrogen) atoms. The van der Waals surface area contributed by atoms with Crippen LogP contribution in [0.1, 0.15) is 42.6 Å². The molecule has 1 aromatic heterocycles. The first-order chi connectivity index (χ1) is 15.2. The number of amides is 2. The Kier molecular flexibility index (Phi) is 5.64. The maximum atomic E-state index is 13.0. The first kappa shape index (κ1) is 21.8. The third-order valence-corrected chi connectivity index (χ3v) is 6.42. The van der Waals surface area contributed by atoms with E-state index in [1.54, 1.807) is 11.9 Å². The molecular formula is C24H22FN3O3S. The normalized spacial score (nSPS) is 14.4. The zero-order chi connectivity index (χ0) is 23.0. The van der Waals surface area contributed by atoms with E-state index in [0.29, 0.717) is 16.4 Å². The molecule has 0 aliphatic carbocycles. The quantitative estimate of drug-likeness (QED) is 0.546. The Morgan fingerprint density at radius 3 is 2.56 bits per heavy atom. The number of benzene rings is 2. The summed E-state index contributed by atoms with van der Waals surface area (Å²) in [4.78, 5) is 43.1. The number of carbonyl (C=O) groups is 3. The Bertz CT molecular complexity index is 1220. The summed E-state index contributed by atoms with van der Waals surface area (Å²) in [5.74, 6) is -0.903. The number of thiazole rings is 1. The maximum Gasteiger partial charge on any atom is 0.236 e. The van der Waals surface area contributed by atoms with Gasteiger partial charge < -0.3 is 10.2 Å². The van der Waals surface area contributed by atoms with Gasteiger partial charge in [-0.2, -0.15) is 0 Å². The molecule has 0 unspecified atom stereocenters. The van der Waals surface area contributed by atoms with Crippen molar-refractivity contribution in [1.82, 2.24) is 4.98 Å². The van der Waals surface area contributed by atoms with Gasteiger partial charge in [-0.15, -0.1) is 11.3 Å². The fraction of sp³-hybridized carbons (Fsp3) is 0.250. The molecule has 0 saturated heterocycles. The lowest BCUT2D eigenvalue weighted by molar-refractivity contribution is -0.121. The summed E-state index contributed by atoms with van der Waals surface area (Å²) in [6.45, 7) is 3.81. The molecule has 164 valence electrons. The number of ketones is 1. The fourth-order valence-corrected chi connectivity index (χ4v) is 4.52. The number of Topliss-reactive ketones (excluding diaryl/α,β-unsaturated/α-hetero) is 1. The highest BCUT2D eigenvalue weighted by molar-refractivity contribution is 7.14. The number of fused-ring (bicyclic) bond motifs is 1. The molecule has 1 N–H and O–H groups in total. The molecule has 6 nitrogen and oxygen atoms in total. The summed E-state index contributed by atoms with van der Waals surface area (Å²) in [6.07, 6.45) is 0.0315. The van der Waals surface area contributed by atoms with Crippen LogP contribution in [0.3, 0.4) is 0 Å². The SMILES string of the molecule is CN1C(=O)C(C)(C)c2cc(-c3csc(NC(=O)CCC(=O)c4ccc(F)cc4)n3)ccc21. The van der Waals surface area contributed by atoms with E-state index in [1.807, 2.05) is 37.4 Å². The number of halogens is 1. The van der Waals surface area contributed by atoms with E-state index < -0.39 is 11.2 Å². The van der Waals surface area contributed by atoms with E-state index in [1.165, 1.54) is 35.6 Å². The van der Waals surface area contributed by atoms with Gasteiger partial charge in [-0.25, -0.2) is 9.37 Å². The van der Waals surface area contributed by atoms with Crippen LogP contribution in [0.15, 0.2) is 47.8 Å². The highest BCUT2D eigenvalue weighted by atomic mass is 32.1. The van der Waals surface area contributed by atoms with Crippen LogP contribution in [-0.2, 0) is 15.0 Å². The maximum absolute atomic E-state index is 13.0. The summed E-state index contributed by atoms with van der Waals surface area (Å²) in [5, 5.41) is 5.00. The number of nitrogens with one attached hydrogen (secondary N) is 1. The van der Waals surface area contributed by atoms with Crippen LogP contribution < -0.4 is 10.2 Å². The predicted octanol–water partition coefficient (Wildman–Crippen LogP) is 4.80. The minimum atomic E-state index is -0.607. The van der Waals surface area contributed by atoms with Crippen molar-refractivity contribution < 1.29 is 18.8 Å². The number of carbonyl (C=O) groups excluding carboxylic acids is 3. The third-order valence-electron chi connectivity index (χ3n) is 5.66.